The molecule has 3 rings (SSSR count). The second-order valence-corrected chi connectivity index (χ2v) is 4.73. The fourth-order valence-electron chi connectivity index (χ4n) is 1.95. The maximum absolute atomic E-state index is 5.75. The van der Waals surface area contributed by atoms with Crippen LogP contribution in [-0.2, 0) is 6.61 Å². The highest BCUT2D eigenvalue weighted by Crippen LogP contribution is 2.15. The SMILES string of the molecule is Cc1ccc(COc2cnn(-c3ccccc3)c2)cc1. The minimum Gasteiger partial charge on any atom is -0.486 e. The van der Waals surface area contributed by atoms with E-state index >= 15 is 0 Å². The van der Waals surface area contributed by atoms with Gasteiger partial charge in [-0.15, -0.1) is 0 Å². The summed E-state index contributed by atoms with van der Waals surface area (Å²) in [6.07, 6.45) is 3.63. The van der Waals surface area contributed by atoms with Gasteiger partial charge in [-0.05, 0) is 24.6 Å². The van der Waals surface area contributed by atoms with Gasteiger partial charge in [0.1, 0.15) is 6.61 Å². The minimum absolute atomic E-state index is 0.556. The molecule has 0 saturated heterocycles. The molecular formula is C17H16N2O. The van der Waals surface area contributed by atoms with Crippen LogP contribution in [0.1, 0.15) is 11.1 Å². The van der Waals surface area contributed by atoms with E-state index in [1.807, 2.05) is 41.2 Å². The number of aryl methyl sites for hydroxylation is 1. The molecule has 0 radical (unpaired) electrons. The predicted octanol–water partition coefficient (Wildman–Crippen LogP) is 3.76. The fraction of sp³-hybridized carbons (Fsp3) is 0.118. The summed E-state index contributed by atoms with van der Waals surface area (Å²) in [4.78, 5) is 0. The van der Waals surface area contributed by atoms with Crippen LogP contribution in [-0.4, -0.2) is 9.78 Å². The highest BCUT2D eigenvalue weighted by Gasteiger charge is 2.01. The van der Waals surface area contributed by atoms with Crippen LogP contribution < -0.4 is 4.74 Å². The molecule has 1 heterocycles. The normalized spacial score (nSPS) is 10.4. The average molecular weight is 264 g/mol. The molecule has 2 aromatic carbocycles. The summed E-state index contributed by atoms with van der Waals surface area (Å²) >= 11 is 0. The highest BCUT2D eigenvalue weighted by atomic mass is 16.5. The van der Waals surface area contributed by atoms with Crippen LogP contribution in [0.3, 0.4) is 0 Å². The zero-order valence-electron chi connectivity index (χ0n) is 11.4. The molecule has 100 valence electrons. The number of hydrogen-bond donors (Lipinski definition) is 0. The molecule has 3 nitrogen and oxygen atoms in total. The number of ether oxygens (including phenoxy) is 1. The molecule has 1 aromatic heterocycles. The fourth-order valence-corrected chi connectivity index (χ4v) is 1.95. The van der Waals surface area contributed by atoms with E-state index in [1.165, 1.54) is 5.56 Å². The van der Waals surface area contributed by atoms with Crippen molar-refractivity contribution in [2.75, 3.05) is 0 Å². The van der Waals surface area contributed by atoms with Gasteiger partial charge >= 0.3 is 0 Å². The number of benzene rings is 2. The van der Waals surface area contributed by atoms with Crippen molar-refractivity contribution in [2.45, 2.75) is 13.5 Å². The molecule has 20 heavy (non-hydrogen) atoms. The molecule has 0 aliphatic rings. The van der Waals surface area contributed by atoms with E-state index in [1.54, 1.807) is 6.20 Å². The van der Waals surface area contributed by atoms with Crippen LogP contribution in [0.5, 0.6) is 5.75 Å². The van der Waals surface area contributed by atoms with Crippen LogP contribution in [0, 0.1) is 6.92 Å². The Kier molecular flexibility index (Phi) is 3.50. The Morgan fingerprint density at radius 3 is 2.50 bits per heavy atom. The Morgan fingerprint density at radius 2 is 1.75 bits per heavy atom. The average Bonchev–Trinajstić information content (AvgIpc) is 2.97. The van der Waals surface area contributed by atoms with E-state index in [9.17, 15) is 0 Å². The van der Waals surface area contributed by atoms with Crippen LogP contribution in [0.4, 0.5) is 0 Å². The van der Waals surface area contributed by atoms with Crippen molar-refractivity contribution < 1.29 is 4.74 Å². The summed E-state index contributed by atoms with van der Waals surface area (Å²) in [5.41, 5.74) is 3.44. The third kappa shape index (κ3) is 2.88. The number of nitrogens with zero attached hydrogens (tertiary/aromatic N) is 2. The van der Waals surface area contributed by atoms with Gasteiger partial charge in [0.2, 0.25) is 0 Å². The zero-order valence-corrected chi connectivity index (χ0v) is 11.4. The molecule has 0 unspecified atom stereocenters. The molecule has 0 fully saturated rings. The molecule has 0 atom stereocenters. The van der Waals surface area contributed by atoms with Crippen LogP contribution in [0.2, 0.25) is 0 Å². The largest absolute Gasteiger partial charge is 0.486 e. The molecule has 3 heteroatoms. The Labute approximate surface area is 118 Å². The van der Waals surface area contributed by atoms with Gasteiger partial charge in [0.05, 0.1) is 18.1 Å². The van der Waals surface area contributed by atoms with Crippen LogP contribution >= 0.6 is 0 Å². The number of rotatable bonds is 4. The van der Waals surface area contributed by atoms with Gasteiger partial charge in [0.15, 0.2) is 5.75 Å². The first kappa shape index (κ1) is 12.5. The maximum Gasteiger partial charge on any atom is 0.158 e. The van der Waals surface area contributed by atoms with Crippen molar-refractivity contribution >= 4 is 0 Å². The standard InChI is InChI=1S/C17H16N2O/c1-14-7-9-15(10-8-14)13-20-17-11-18-19(12-17)16-5-3-2-4-6-16/h2-12H,13H2,1H3. The number of hydrogen-bond acceptors (Lipinski definition) is 2. The number of aromatic nitrogens is 2. The van der Waals surface area contributed by atoms with Gasteiger partial charge in [0, 0.05) is 0 Å². The van der Waals surface area contributed by atoms with E-state index in [2.05, 4.69) is 36.3 Å². The Morgan fingerprint density at radius 1 is 1.00 bits per heavy atom. The quantitative estimate of drug-likeness (QED) is 0.717. The lowest BCUT2D eigenvalue weighted by atomic mass is 10.2. The summed E-state index contributed by atoms with van der Waals surface area (Å²) in [6, 6.07) is 18.3. The van der Waals surface area contributed by atoms with E-state index in [-0.39, 0.29) is 0 Å². The highest BCUT2D eigenvalue weighted by molar-refractivity contribution is 5.32. The minimum atomic E-state index is 0.556. The summed E-state index contributed by atoms with van der Waals surface area (Å²) in [7, 11) is 0. The summed E-state index contributed by atoms with van der Waals surface area (Å²) in [5, 5.41) is 4.30. The van der Waals surface area contributed by atoms with Crippen LogP contribution in [0.25, 0.3) is 5.69 Å². The summed E-state index contributed by atoms with van der Waals surface area (Å²) in [5.74, 6) is 0.773. The molecule has 0 saturated carbocycles. The van der Waals surface area contributed by atoms with Crippen molar-refractivity contribution in [3.05, 3.63) is 78.1 Å². The summed E-state index contributed by atoms with van der Waals surface area (Å²) < 4.78 is 7.56. The first-order valence-corrected chi connectivity index (χ1v) is 6.60. The molecule has 0 N–H and O–H groups in total. The first-order chi connectivity index (χ1) is 9.81. The lowest BCUT2D eigenvalue weighted by Crippen LogP contribution is -1.95. The number of para-hydroxylation sites is 1. The monoisotopic (exact) mass is 264 g/mol. The van der Waals surface area contributed by atoms with Crippen molar-refractivity contribution in [2.24, 2.45) is 0 Å². The zero-order chi connectivity index (χ0) is 13.8. The lowest BCUT2D eigenvalue weighted by molar-refractivity contribution is 0.306. The van der Waals surface area contributed by atoms with Gasteiger partial charge in [-0.3, -0.25) is 0 Å². The first-order valence-electron chi connectivity index (χ1n) is 6.60. The molecule has 0 bridgehead atoms. The van der Waals surface area contributed by atoms with Crippen LogP contribution in [0.15, 0.2) is 67.0 Å². The molecule has 0 amide bonds. The van der Waals surface area contributed by atoms with Crippen molar-refractivity contribution in [3.8, 4) is 11.4 Å². The van der Waals surface area contributed by atoms with E-state index in [0.717, 1.165) is 17.0 Å². The third-order valence-corrected chi connectivity index (χ3v) is 3.11. The topological polar surface area (TPSA) is 27.1 Å². The molecule has 0 aliphatic carbocycles. The van der Waals surface area contributed by atoms with Gasteiger partial charge < -0.3 is 4.74 Å². The Bertz CT molecular complexity index is 672. The Balaban J connectivity index is 1.67. The second kappa shape index (κ2) is 5.61. The van der Waals surface area contributed by atoms with Gasteiger partial charge in [-0.25, -0.2) is 4.68 Å². The molecular weight excluding hydrogens is 248 g/mol. The van der Waals surface area contributed by atoms with E-state index in [0.29, 0.717) is 6.61 Å². The smallest absolute Gasteiger partial charge is 0.158 e. The lowest BCUT2D eigenvalue weighted by Gasteiger charge is -2.04. The van der Waals surface area contributed by atoms with Gasteiger partial charge in [-0.2, -0.15) is 5.10 Å². The molecule has 3 aromatic rings. The maximum atomic E-state index is 5.75. The van der Waals surface area contributed by atoms with Gasteiger partial charge in [0.25, 0.3) is 0 Å². The van der Waals surface area contributed by atoms with Crippen molar-refractivity contribution in [1.82, 2.24) is 9.78 Å². The molecule has 0 spiro atoms. The van der Waals surface area contributed by atoms with Crippen molar-refractivity contribution in [1.29, 1.82) is 0 Å². The summed E-state index contributed by atoms with van der Waals surface area (Å²) in [6.45, 7) is 2.63. The predicted molar refractivity (Wildman–Crippen MR) is 79.1 cm³/mol. The van der Waals surface area contributed by atoms with Crippen molar-refractivity contribution in [3.63, 3.8) is 0 Å². The second-order valence-electron chi connectivity index (χ2n) is 4.73. The third-order valence-electron chi connectivity index (χ3n) is 3.11. The van der Waals surface area contributed by atoms with Gasteiger partial charge in [-0.1, -0.05) is 48.0 Å². The van der Waals surface area contributed by atoms with E-state index < -0.39 is 0 Å². The molecule has 0 aliphatic heterocycles. The van der Waals surface area contributed by atoms with E-state index in [4.69, 9.17) is 4.74 Å². The Hall–Kier alpha value is -2.55.